The van der Waals surface area contributed by atoms with E-state index in [0.29, 0.717) is 17.7 Å². The second kappa shape index (κ2) is 6.53. The van der Waals surface area contributed by atoms with E-state index >= 15 is 0 Å². The number of hydrazone groups is 1. The van der Waals surface area contributed by atoms with Crippen LogP contribution < -0.4 is 11.2 Å². The van der Waals surface area contributed by atoms with Gasteiger partial charge in [-0.1, -0.05) is 24.3 Å². The zero-order valence-electron chi connectivity index (χ0n) is 12.1. The van der Waals surface area contributed by atoms with Crippen molar-refractivity contribution in [3.8, 4) is 0 Å². The molecule has 1 unspecified atom stereocenters. The molecule has 1 aliphatic heterocycles. The Hall–Kier alpha value is -2.80. The molecule has 0 saturated carbocycles. The number of nitrogens with zero attached hydrogens (tertiary/aromatic N) is 2. The number of carbonyl (C=O) groups is 1. The number of rotatable bonds is 4. The summed E-state index contributed by atoms with van der Waals surface area (Å²) in [5, 5.41) is 4.29. The third-order valence-corrected chi connectivity index (χ3v) is 3.54. The summed E-state index contributed by atoms with van der Waals surface area (Å²) in [6.45, 7) is 0. The number of fused-ring (bicyclic) bond motifs is 1. The van der Waals surface area contributed by atoms with E-state index < -0.39 is 6.10 Å². The predicted molar refractivity (Wildman–Crippen MR) is 89.9 cm³/mol. The Kier molecular flexibility index (Phi) is 4.29. The average Bonchev–Trinajstić information content (AvgIpc) is 2.88. The van der Waals surface area contributed by atoms with E-state index in [1.165, 1.54) is 0 Å². The number of carbonyl (C=O) groups excluding carboxylic acids is 1. The van der Waals surface area contributed by atoms with Crippen LogP contribution in [0.4, 0.5) is 0 Å². The zero-order chi connectivity index (χ0) is 16.2. The average molecular weight is 326 g/mol. The van der Waals surface area contributed by atoms with Crippen molar-refractivity contribution < 1.29 is 9.53 Å². The molecule has 1 aromatic carbocycles. The van der Waals surface area contributed by atoms with Gasteiger partial charge < -0.3 is 10.5 Å². The number of ether oxygens (including phenoxy) is 1. The Morgan fingerprint density at radius 3 is 2.91 bits per heavy atom. The topological polar surface area (TPSA) is 89.6 Å². The fraction of sp³-hybridized carbons (Fsp3) is 0.125. The van der Waals surface area contributed by atoms with Gasteiger partial charge in [-0.15, -0.1) is 0 Å². The number of hydrogen-bond donors (Lipinski definition) is 2. The van der Waals surface area contributed by atoms with Crippen molar-refractivity contribution in [1.82, 2.24) is 10.4 Å². The summed E-state index contributed by atoms with van der Waals surface area (Å²) in [6, 6.07) is 11.0. The van der Waals surface area contributed by atoms with Crippen molar-refractivity contribution >= 4 is 29.0 Å². The fourth-order valence-electron chi connectivity index (χ4n) is 2.43. The van der Waals surface area contributed by atoms with Gasteiger partial charge in [-0.25, -0.2) is 4.79 Å². The number of esters is 1. The van der Waals surface area contributed by atoms with Crippen LogP contribution in [-0.2, 0) is 4.74 Å². The van der Waals surface area contributed by atoms with Crippen molar-refractivity contribution in [2.75, 3.05) is 0 Å². The van der Waals surface area contributed by atoms with Crippen LogP contribution in [0, 0.1) is 0 Å². The molecule has 0 amide bonds. The van der Waals surface area contributed by atoms with Gasteiger partial charge in [0.05, 0.1) is 11.3 Å². The molecule has 0 radical (unpaired) electrons. The van der Waals surface area contributed by atoms with E-state index in [1.807, 2.05) is 24.3 Å². The Morgan fingerprint density at radius 1 is 1.35 bits per heavy atom. The van der Waals surface area contributed by atoms with Gasteiger partial charge in [-0.2, -0.15) is 5.10 Å². The van der Waals surface area contributed by atoms with Crippen LogP contribution in [0.1, 0.15) is 34.0 Å². The van der Waals surface area contributed by atoms with E-state index in [0.717, 1.165) is 11.1 Å². The van der Waals surface area contributed by atoms with Gasteiger partial charge in [-0.3, -0.25) is 10.4 Å². The van der Waals surface area contributed by atoms with Crippen molar-refractivity contribution in [2.45, 2.75) is 12.5 Å². The molecule has 116 valence electrons. The molecule has 3 rings (SSSR count). The van der Waals surface area contributed by atoms with Gasteiger partial charge in [0, 0.05) is 29.9 Å². The summed E-state index contributed by atoms with van der Waals surface area (Å²) in [6.07, 6.45) is 3.35. The molecule has 0 saturated heterocycles. The molecule has 1 atom stereocenters. The normalized spacial score (nSPS) is 16.6. The Morgan fingerprint density at radius 2 is 2.17 bits per heavy atom. The number of nitrogens with two attached hydrogens (primary N) is 1. The molecular formula is C16H14N4O2S. The van der Waals surface area contributed by atoms with Crippen LogP contribution in [0.25, 0.3) is 0 Å². The van der Waals surface area contributed by atoms with Crippen molar-refractivity contribution in [3.05, 3.63) is 65.5 Å². The van der Waals surface area contributed by atoms with E-state index in [1.54, 1.807) is 24.5 Å². The molecule has 2 aromatic rings. The highest BCUT2D eigenvalue weighted by Crippen LogP contribution is 2.33. The third-order valence-electron chi connectivity index (χ3n) is 3.45. The number of benzene rings is 1. The first kappa shape index (κ1) is 15.1. The predicted octanol–water partition coefficient (Wildman–Crippen LogP) is 1.92. The summed E-state index contributed by atoms with van der Waals surface area (Å²) < 4.78 is 5.46. The zero-order valence-corrected chi connectivity index (χ0v) is 12.9. The maximum absolute atomic E-state index is 11.9. The molecule has 0 bridgehead atoms. The van der Waals surface area contributed by atoms with E-state index in [9.17, 15) is 4.79 Å². The van der Waals surface area contributed by atoms with Gasteiger partial charge in [0.25, 0.3) is 0 Å². The Labute approximate surface area is 138 Å². The minimum absolute atomic E-state index is 0.0650. The first-order chi connectivity index (χ1) is 11.1. The van der Waals surface area contributed by atoms with Crippen molar-refractivity contribution in [1.29, 1.82) is 0 Å². The lowest BCUT2D eigenvalue weighted by Gasteiger charge is -2.13. The lowest BCUT2D eigenvalue weighted by molar-refractivity contribution is 0.0400. The first-order valence-electron chi connectivity index (χ1n) is 6.97. The standard InChI is InChI=1S/C16H14N4O2S/c17-16(23)20-19-13(10-4-3-7-18-9-10)8-14-11-5-1-2-6-12(11)15(21)22-14/h1-7,9,14H,8H2,(H3,17,20,23). The molecule has 23 heavy (non-hydrogen) atoms. The molecule has 0 spiro atoms. The highest BCUT2D eigenvalue weighted by Gasteiger charge is 2.31. The number of pyridine rings is 1. The molecular weight excluding hydrogens is 312 g/mol. The van der Waals surface area contributed by atoms with Crippen molar-refractivity contribution in [2.24, 2.45) is 10.8 Å². The highest BCUT2D eigenvalue weighted by atomic mass is 32.1. The smallest absolute Gasteiger partial charge is 0.339 e. The Balaban J connectivity index is 1.90. The van der Waals surface area contributed by atoms with Gasteiger partial charge in [0.1, 0.15) is 6.10 Å². The maximum Gasteiger partial charge on any atom is 0.339 e. The molecule has 3 N–H and O–H groups in total. The number of cyclic esters (lactones) is 1. The van der Waals surface area contributed by atoms with Gasteiger partial charge in [0.15, 0.2) is 5.11 Å². The lowest BCUT2D eigenvalue weighted by Crippen LogP contribution is -2.26. The number of nitrogens with one attached hydrogen (secondary N) is 1. The highest BCUT2D eigenvalue weighted by molar-refractivity contribution is 7.80. The van der Waals surface area contributed by atoms with Gasteiger partial charge in [0.2, 0.25) is 0 Å². The number of thiocarbonyl (C=S) groups is 1. The second-order valence-corrected chi connectivity index (χ2v) is 5.40. The third kappa shape index (κ3) is 3.35. The second-order valence-electron chi connectivity index (χ2n) is 4.96. The summed E-state index contributed by atoms with van der Waals surface area (Å²) in [4.78, 5) is 16.0. The van der Waals surface area contributed by atoms with Crippen LogP contribution in [0.15, 0.2) is 53.9 Å². The molecule has 2 heterocycles. The summed E-state index contributed by atoms with van der Waals surface area (Å²) >= 11 is 4.79. The van der Waals surface area contributed by atoms with Crippen LogP contribution in [0.5, 0.6) is 0 Å². The van der Waals surface area contributed by atoms with Gasteiger partial charge in [-0.05, 0) is 24.4 Å². The molecule has 6 nitrogen and oxygen atoms in total. The fourth-order valence-corrected chi connectivity index (χ4v) is 2.48. The summed E-state index contributed by atoms with van der Waals surface area (Å²) in [5.41, 5.74) is 10.9. The largest absolute Gasteiger partial charge is 0.453 e. The lowest BCUT2D eigenvalue weighted by atomic mass is 9.99. The summed E-state index contributed by atoms with van der Waals surface area (Å²) in [7, 11) is 0. The van der Waals surface area contributed by atoms with E-state index in [-0.39, 0.29) is 11.1 Å². The quantitative estimate of drug-likeness (QED) is 0.386. The van der Waals surface area contributed by atoms with Crippen LogP contribution >= 0.6 is 12.2 Å². The van der Waals surface area contributed by atoms with Crippen LogP contribution in [0.3, 0.4) is 0 Å². The maximum atomic E-state index is 11.9. The minimum atomic E-state index is -0.397. The molecule has 7 heteroatoms. The monoisotopic (exact) mass is 326 g/mol. The SMILES string of the molecule is NC(=S)NN=C(CC1OC(=O)c2ccccc21)c1cccnc1. The molecule has 1 aliphatic rings. The Bertz CT molecular complexity index is 777. The van der Waals surface area contributed by atoms with Crippen molar-refractivity contribution in [3.63, 3.8) is 0 Å². The number of hydrogen-bond acceptors (Lipinski definition) is 5. The molecule has 0 fully saturated rings. The minimum Gasteiger partial charge on any atom is -0.453 e. The first-order valence-corrected chi connectivity index (χ1v) is 7.38. The van der Waals surface area contributed by atoms with Gasteiger partial charge >= 0.3 is 5.97 Å². The molecule has 0 aliphatic carbocycles. The van der Waals surface area contributed by atoms with E-state index in [4.69, 9.17) is 22.7 Å². The van der Waals surface area contributed by atoms with E-state index in [2.05, 4.69) is 15.5 Å². The molecule has 1 aromatic heterocycles. The number of aromatic nitrogens is 1. The van der Waals surface area contributed by atoms with Crippen LogP contribution in [0.2, 0.25) is 0 Å². The summed E-state index contributed by atoms with van der Waals surface area (Å²) in [5.74, 6) is -0.321. The van der Waals surface area contributed by atoms with Crippen LogP contribution in [-0.4, -0.2) is 21.8 Å².